The van der Waals surface area contributed by atoms with Gasteiger partial charge in [-0.25, -0.2) is 13.8 Å². The van der Waals surface area contributed by atoms with E-state index in [4.69, 9.17) is 4.52 Å². The third kappa shape index (κ3) is 2.76. The van der Waals surface area contributed by atoms with Gasteiger partial charge in [-0.3, -0.25) is 4.79 Å². The third-order valence-corrected chi connectivity index (χ3v) is 2.86. The van der Waals surface area contributed by atoms with Crippen molar-refractivity contribution < 1.29 is 18.1 Å². The number of benzene rings is 1. The van der Waals surface area contributed by atoms with E-state index in [2.05, 4.69) is 15.1 Å². The van der Waals surface area contributed by atoms with Gasteiger partial charge < -0.3 is 4.52 Å². The second kappa shape index (κ2) is 5.35. The topological polar surface area (TPSA) is 68.9 Å². The summed E-state index contributed by atoms with van der Waals surface area (Å²) in [6.45, 7) is 0. The number of fused-ring (bicyclic) bond motifs is 1. The lowest BCUT2D eigenvalue weighted by Gasteiger charge is -1.98. The largest absolute Gasteiger partial charge is 0.338 e. The first kappa shape index (κ1) is 13.3. The van der Waals surface area contributed by atoms with E-state index in [0.717, 1.165) is 10.9 Å². The molecule has 7 heteroatoms. The predicted octanol–water partition coefficient (Wildman–Crippen LogP) is 2.66. The number of aromatic nitrogens is 3. The van der Waals surface area contributed by atoms with Crippen molar-refractivity contribution in [2.75, 3.05) is 0 Å². The standard InChI is InChI=1S/C14H9F2N3O2/c15-13(16)11(20)7-12-18-14(19-21-12)10-6-5-8-3-1-2-4-9(8)17-10/h1-6,13H,7H2. The number of para-hydroxylation sites is 1. The highest BCUT2D eigenvalue weighted by Gasteiger charge is 2.20. The summed E-state index contributed by atoms with van der Waals surface area (Å²) in [4.78, 5) is 19.2. The van der Waals surface area contributed by atoms with Crippen molar-refractivity contribution in [1.29, 1.82) is 0 Å². The Hall–Kier alpha value is -2.70. The van der Waals surface area contributed by atoms with Crippen LogP contribution >= 0.6 is 0 Å². The van der Waals surface area contributed by atoms with Crippen molar-refractivity contribution >= 4 is 16.7 Å². The number of halogens is 2. The van der Waals surface area contributed by atoms with Gasteiger partial charge in [0.1, 0.15) is 5.69 Å². The molecule has 106 valence electrons. The Labute approximate surface area is 117 Å². The summed E-state index contributed by atoms with van der Waals surface area (Å²) >= 11 is 0. The Balaban J connectivity index is 1.89. The number of carbonyl (C=O) groups excluding carboxylic acids is 1. The van der Waals surface area contributed by atoms with E-state index in [1.54, 1.807) is 6.07 Å². The molecule has 0 atom stereocenters. The molecule has 0 unspecified atom stereocenters. The minimum atomic E-state index is -3.04. The zero-order chi connectivity index (χ0) is 14.8. The summed E-state index contributed by atoms with van der Waals surface area (Å²) in [7, 11) is 0. The van der Waals surface area contributed by atoms with E-state index in [9.17, 15) is 13.6 Å². The van der Waals surface area contributed by atoms with Gasteiger partial charge in [-0.2, -0.15) is 4.98 Å². The van der Waals surface area contributed by atoms with E-state index >= 15 is 0 Å². The number of hydrogen-bond acceptors (Lipinski definition) is 5. The number of carbonyl (C=O) groups is 1. The fraction of sp³-hybridized carbons (Fsp3) is 0.143. The van der Waals surface area contributed by atoms with E-state index in [0.29, 0.717) is 5.69 Å². The maximum atomic E-state index is 12.2. The summed E-state index contributed by atoms with van der Waals surface area (Å²) in [5, 5.41) is 4.62. The Morgan fingerprint density at radius 3 is 2.76 bits per heavy atom. The van der Waals surface area contributed by atoms with Crippen LogP contribution in [0.1, 0.15) is 5.89 Å². The first-order valence-electron chi connectivity index (χ1n) is 6.13. The smallest absolute Gasteiger partial charge is 0.296 e. The van der Waals surface area contributed by atoms with Crippen LogP contribution in [0.25, 0.3) is 22.4 Å². The van der Waals surface area contributed by atoms with E-state index in [1.807, 2.05) is 30.3 Å². The van der Waals surface area contributed by atoms with Gasteiger partial charge in [0.2, 0.25) is 17.5 Å². The highest BCUT2D eigenvalue weighted by Crippen LogP contribution is 2.18. The lowest BCUT2D eigenvalue weighted by Crippen LogP contribution is -2.12. The Bertz CT molecular complexity index is 802. The fourth-order valence-electron chi connectivity index (χ4n) is 1.85. The zero-order valence-electron chi connectivity index (χ0n) is 10.7. The SMILES string of the molecule is O=C(Cc1nc(-c2ccc3ccccc3n2)no1)C(F)F. The summed E-state index contributed by atoms with van der Waals surface area (Å²) in [5.74, 6) is -1.24. The first-order valence-corrected chi connectivity index (χ1v) is 6.13. The predicted molar refractivity (Wildman–Crippen MR) is 69.8 cm³/mol. The van der Waals surface area contributed by atoms with Gasteiger partial charge in [0.15, 0.2) is 0 Å². The van der Waals surface area contributed by atoms with Gasteiger partial charge >= 0.3 is 0 Å². The summed E-state index contributed by atoms with van der Waals surface area (Å²) < 4.78 is 29.1. The molecule has 0 amide bonds. The van der Waals surface area contributed by atoms with Gasteiger partial charge in [-0.1, -0.05) is 29.4 Å². The summed E-state index contributed by atoms with van der Waals surface area (Å²) in [6.07, 6.45) is -3.63. The molecule has 2 aromatic heterocycles. The number of Topliss-reactive ketones (excluding diaryl/α,β-unsaturated/α-hetero) is 1. The number of rotatable bonds is 4. The van der Waals surface area contributed by atoms with Crippen LogP contribution < -0.4 is 0 Å². The molecule has 5 nitrogen and oxygen atoms in total. The van der Waals surface area contributed by atoms with Crippen molar-refractivity contribution in [2.24, 2.45) is 0 Å². The van der Waals surface area contributed by atoms with Crippen molar-refractivity contribution in [3.05, 3.63) is 42.3 Å². The van der Waals surface area contributed by atoms with Crippen LogP contribution in [0.15, 0.2) is 40.9 Å². The van der Waals surface area contributed by atoms with Gasteiger partial charge in [0.05, 0.1) is 11.9 Å². The third-order valence-electron chi connectivity index (χ3n) is 2.86. The van der Waals surface area contributed by atoms with E-state index < -0.39 is 18.6 Å². The summed E-state index contributed by atoms with van der Waals surface area (Å²) in [6, 6.07) is 11.0. The molecule has 0 bridgehead atoms. The fourth-order valence-corrected chi connectivity index (χ4v) is 1.85. The van der Waals surface area contributed by atoms with Gasteiger partial charge in [-0.05, 0) is 12.1 Å². The Morgan fingerprint density at radius 2 is 1.95 bits per heavy atom. The molecule has 0 spiro atoms. The maximum absolute atomic E-state index is 12.2. The molecular formula is C14H9F2N3O2. The molecule has 3 rings (SSSR count). The number of nitrogens with zero attached hydrogens (tertiary/aromatic N) is 3. The molecular weight excluding hydrogens is 280 g/mol. The quantitative estimate of drug-likeness (QED) is 0.738. The minimum Gasteiger partial charge on any atom is -0.338 e. The van der Waals surface area contributed by atoms with Crippen LogP contribution in [-0.2, 0) is 11.2 Å². The number of pyridine rings is 1. The lowest BCUT2D eigenvalue weighted by molar-refractivity contribution is -0.129. The minimum absolute atomic E-state index is 0.148. The second-order valence-electron chi connectivity index (χ2n) is 4.34. The first-order chi connectivity index (χ1) is 10.1. The molecule has 0 saturated heterocycles. The highest BCUT2D eigenvalue weighted by molar-refractivity contribution is 5.83. The molecule has 0 radical (unpaired) electrons. The van der Waals surface area contributed by atoms with Crippen LogP contribution in [0.2, 0.25) is 0 Å². The number of alkyl halides is 2. The molecule has 0 N–H and O–H groups in total. The molecule has 0 aliphatic rings. The maximum Gasteiger partial charge on any atom is 0.296 e. The lowest BCUT2D eigenvalue weighted by atomic mass is 10.2. The van der Waals surface area contributed by atoms with Crippen LogP contribution in [0.3, 0.4) is 0 Å². The van der Waals surface area contributed by atoms with Crippen molar-refractivity contribution in [1.82, 2.24) is 15.1 Å². The van der Waals surface area contributed by atoms with Crippen molar-refractivity contribution in [3.63, 3.8) is 0 Å². The van der Waals surface area contributed by atoms with Crippen LogP contribution in [-0.4, -0.2) is 27.3 Å². The van der Waals surface area contributed by atoms with Crippen LogP contribution in [0.4, 0.5) is 8.78 Å². The average molecular weight is 289 g/mol. The normalized spacial score (nSPS) is 11.2. The Kier molecular flexibility index (Phi) is 3.39. The highest BCUT2D eigenvalue weighted by atomic mass is 19.3. The molecule has 0 aliphatic carbocycles. The van der Waals surface area contributed by atoms with Gasteiger partial charge in [0.25, 0.3) is 6.43 Å². The van der Waals surface area contributed by atoms with E-state index in [1.165, 1.54) is 0 Å². The van der Waals surface area contributed by atoms with Crippen LogP contribution in [0, 0.1) is 0 Å². The second-order valence-corrected chi connectivity index (χ2v) is 4.34. The van der Waals surface area contributed by atoms with Gasteiger partial charge in [0, 0.05) is 5.39 Å². The molecule has 0 saturated carbocycles. The summed E-state index contributed by atoms with van der Waals surface area (Å²) in [5.41, 5.74) is 1.21. The number of hydrogen-bond donors (Lipinski definition) is 0. The molecule has 3 aromatic rings. The van der Waals surface area contributed by atoms with E-state index in [-0.39, 0.29) is 11.7 Å². The molecule has 0 aliphatic heterocycles. The van der Waals surface area contributed by atoms with Crippen molar-refractivity contribution in [2.45, 2.75) is 12.8 Å². The zero-order valence-corrected chi connectivity index (χ0v) is 10.7. The van der Waals surface area contributed by atoms with Gasteiger partial charge in [-0.15, -0.1) is 0 Å². The molecule has 2 heterocycles. The molecule has 1 aromatic carbocycles. The number of ketones is 1. The molecule has 0 fully saturated rings. The Morgan fingerprint density at radius 1 is 1.14 bits per heavy atom. The van der Waals surface area contributed by atoms with Crippen LogP contribution in [0.5, 0.6) is 0 Å². The van der Waals surface area contributed by atoms with Crippen molar-refractivity contribution in [3.8, 4) is 11.5 Å². The molecule has 21 heavy (non-hydrogen) atoms. The average Bonchev–Trinajstić information content (AvgIpc) is 2.95. The monoisotopic (exact) mass is 289 g/mol.